The Morgan fingerprint density at radius 1 is 1.64 bits per heavy atom. The Kier molecular flexibility index (Phi) is 4.49. The van der Waals surface area contributed by atoms with Gasteiger partial charge in [0.05, 0.1) is 4.99 Å². The third-order valence-electron chi connectivity index (χ3n) is 1.93. The van der Waals surface area contributed by atoms with Crippen LogP contribution < -0.4 is 5.73 Å². The third-order valence-corrected chi connectivity index (χ3v) is 2.06. The topological polar surface area (TPSA) is 42.2 Å². The number of hydrogen-bond acceptors (Lipinski definition) is 3. The van der Waals surface area contributed by atoms with E-state index in [1.807, 2.05) is 19.3 Å². The van der Waals surface area contributed by atoms with E-state index in [1.165, 1.54) is 5.56 Å². The number of rotatable bonds is 5. The molecule has 0 aromatic carbocycles. The van der Waals surface area contributed by atoms with Crippen molar-refractivity contribution in [1.29, 1.82) is 0 Å². The lowest BCUT2D eigenvalue weighted by molar-refractivity contribution is 0.386. The van der Waals surface area contributed by atoms with Crippen molar-refractivity contribution in [2.45, 2.75) is 6.42 Å². The van der Waals surface area contributed by atoms with E-state index in [9.17, 15) is 0 Å². The molecule has 1 aromatic rings. The smallest absolute Gasteiger partial charge is 0.0869 e. The lowest BCUT2D eigenvalue weighted by Crippen LogP contribution is -2.30. The molecule has 76 valence electrons. The molecule has 1 aromatic heterocycles. The van der Waals surface area contributed by atoms with Gasteiger partial charge in [-0.1, -0.05) is 18.3 Å². The number of nitrogens with two attached hydrogens (primary N) is 1. The number of thiocarbonyl (C=S) groups is 1. The SMILES string of the molecule is CN(CCc1cccnc1)CC(N)=S. The van der Waals surface area contributed by atoms with Gasteiger partial charge in [-0.15, -0.1) is 0 Å². The van der Waals surface area contributed by atoms with Gasteiger partial charge in [-0.3, -0.25) is 9.88 Å². The largest absolute Gasteiger partial charge is 0.392 e. The summed E-state index contributed by atoms with van der Waals surface area (Å²) in [5.74, 6) is 0. The van der Waals surface area contributed by atoms with Crippen molar-refractivity contribution >= 4 is 17.2 Å². The maximum absolute atomic E-state index is 5.44. The first-order valence-electron chi connectivity index (χ1n) is 4.54. The van der Waals surface area contributed by atoms with E-state index < -0.39 is 0 Å². The van der Waals surface area contributed by atoms with Crippen LogP contribution in [-0.4, -0.2) is 35.0 Å². The molecule has 1 rings (SSSR count). The number of hydrogen-bond donors (Lipinski definition) is 1. The number of pyridine rings is 1. The molecule has 0 spiro atoms. The van der Waals surface area contributed by atoms with E-state index in [0.717, 1.165) is 13.0 Å². The van der Waals surface area contributed by atoms with Crippen LogP contribution >= 0.6 is 12.2 Å². The van der Waals surface area contributed by atoms with Crippen molar-refractivity contribution in [3.63, 3.8) is 0 Å². The van der Waals surface area contributed by atoms with E-state index in [4.69, 9.17) is 18.0 Å². The van der Waals surface area contributed by atoms with E-state index in [1.54, 1.807) is 6.20 Å². The molecule has 3 nitrogen and oxygen atoms in total. The van der Waals surface area contributed by atoms with E-state index in [0.29, 0.717) is 11.5 Å². The average Bonchev–Trinajstić information content (AvgIpc) is 2.15. The highest BCUT2D eigenvalue weighted by Crippen LogP contribution is 1.97. The highest BCUT2D eigenvalue weighted by atomic mass is 32.1. The van der Waals surface area contributed by atoms with E-state index >= 15 is 0 Å². The predicted molar refractivity (Wildman–Crippen MR) is 62.2 cm³/mol. The van der Waals surface area contributed by atoms with Gasteiger partial charge < -0.3 is 5.73 Å². The molecule has 0 aliphatic carbocycles. The molecular weight excluding hydrogens is 194 g/mol. The monoisotopic (exact) mass is 209 g/mol. The van der Waals surface area contributed by atoms with Crippen LogP contribution in [0.25, 0.3) is 0 Å². The van der Waals surface area contributed by atoms with Gasteiger partial charge in [0.2, 0.25) is 0 Å². The average molecular weight is 209 g/mol. The lowest BCUT2D eigenvalue weighted by atomic mass is 10.2. The summed E-state index contributed by atoms with van der Waals surface area (Å²) in [6.07, 6.45) is 4.64. The van der Waals surface area contributed by atoms with Gasteiger partial charge in [-0.05, 0) is 25.1 Å². The second-order valence-corrected chi connectivity index (χ2v) is 3.84. The van der Waals surface area contributed by atoms with E-state index in [-0.39, 0.29) is 0 Å². The van der Waals surface area contributed by atoms with Crippen LogP contribution in [0.5, 0.6) is 0 Å². The number of aromatic nitrogens is 1. The predicted octanol–water partition coefficient (Wildman–Crippen LogP) is 0.842. The Morgan fingerprint density at radius 2 is 2.43 bits per heavy atom. The molecule has 14 heavy (non-hydrogen) atoms. The summed E-state index contributed by atoms with van der Waals surface area (Å²) in [7, 11) is 2.01. The molecule has 0 aliphatic heterocycles. The molecule has 0 unspecified atom stereocenters. The fourth-order valence-corrected chi connectivity index (χ4v) is 1.43. The summed E-state index contributed by atoms with van der Waals surface area (Å²) in [6, 6.07) is 4.02. The number of nitrogens with zero attached hydrogens (tertiary/aromatic N) is 2. The summed E-state index contributed by atoms with van der Waals surface area (Å²) in [6.45, 7) is 1.62. The quantitative estimate of drug-likeness (QED) is 0.730. The summed E-state index contributed by atoms with van der Waals surface area (Å²) in [5.41, 5.74) is 6.68. The molecule has 4 heteroatoms. The zero-order chi connectivity index (χ0) is 10.4. The summed E-state index contributed by atoms with van der Waals surface area (Å²) in [4.78, 5) is 6.70. The molecule has 1 heterocycles. The van der Waals surface area contributed by atoms with Crippen LogP contribution in [0.3, 0.4) is 0 Å². The minimum absolute atomic E-state index is 0.540. The lowest BCUT2D eigenvalue weighted by Gasteiger charge is -2.14. The van der Waals surface area contributed by atoms with Crippen LogP contribution in [0.4, 0.5) is 0 Å². The van der Waals surface area contributed by atoms with Crippen molar-refractivity contribution in [2.75, 3.05) is 20.1 Å². The first-order chi connectivity index (χ1) is 6.68. The summed E-state index contributed by atoms with van der Waals surface area (Å²) >= 11 is 4.83. The van der Waals surface area contributed by atoms with Gasteiger partial charge in [-0.25, -0.2) is 0 Å². The van der Waals surface area contributed by atoms with Crippen LogP contribution in [0, 0.1) is 0 Å². The fraction of sp³-hybridized carbons (Fsp3) is 0.400. The van der Waals surface area contributed by atoms with Crippen molar-refractivity contribution < 1.29 is 0 Å². The standard InChI is InChI=1S/C10H15N3S/c1-13(8-10(11)14)6-4-9-3-2-5-12-7-9/h2-3,5,7H,4,6,8H2,1H3,(H2,11,14). The van der Waals surface area contributed by atoms with Crippen LogP contribution in [0.2, 0.25) is 0 Å². The van der Waals surface area contributed by atoms with Crippen molar-refractivity contribution in [1.82, 2.24) is 9.88 Å². The first kappa shape index (κ1) is 11.1. The van der Waals surface area contributed by atoms with Gasteiger partial charge in [0, 0.05) is 25.5 Å². The Morgan fingerprint density at radius 3 is 3.00 bits per heavy atom. The van der Waals surface area contributed by atoms with Gasteiger partial charge in [0.25, 0.3) is 0 Å². The van der Waals surface area contributed by atoms with Crippen LogP contribution in [-0.2, 0) is 6.42 Å². The van der Waals surface area contributed by atoms with Gasteiger partial charge in [0.15, 0.2) is 0 Å². The molecule has 0 fully saturated rings. The molecule has 0 saturated heterocycles. The van der Waals surface area contributed by atoms with Gasteiger partial charge in [0.1, 0.15) is 0 Å². The van der Waals surface area contributed by atoms with Gasteiger partial charge in [-0.2, -0.15) is 0 Å². The molecule has 0 radical (unpaired) electrons. The van der Waals surface area contributed by atoms with Gasteiger partial charge >= 0.3 is 0 Å². The Balaban J connectivity index is 2.30. The maximum atomic E-state index is 5.44. The molecule has 0 saturated carbocycles. The summed E-state index contributed by atoms with van der Waals surface area (Å²) < 4.78 is 0. The zero-order valence-electron chi connectivity index (χ0n) is 8.31. The Labute approximate surface area is 89.9 Å². The molecule has 0 atom stereocenters. The van der Waals surface area contributed by atoms with Crippen molar-refractivity contribution in [3.05, 3.63) is 30.1 Å². The minimum Gasteiger partial charge on any atom is -0.392 e. The van der Waals surface area contributed by atoms with Crippen LogP contribution in [0.1, 0.15) is 5.56 Å². The Hall–Kier alpha value is -1.00. The molecule has 0 bridgehead atoms. The maximum Gasteiger partial charge on any atom is 0.0869 e. The molecule has 2 N–H and O–H groups in total. The minimum atomic E-state index is 0.540. The molecule has 0 aliphatic rings. The van der Waals surface area contributed by atoms with Crippen molar-refractivity contribution in [2.24, 2.45) is 5.73 Å². The van der Waals surface area contributed by atoms with Crippen molar-refractivity contribution in [3.8, 4) is 0 Å². The zero-order valence-corrected chi connectivity index (χ0v) is 9.13. The second-order valence-electron chi connectivity index (χ2n) is 3.32. The first-order valence-corrected chi connectivity index (χ1v) is 4.95. The summed E-state index contributed by atoms with van der Waals surface area (Å²) in [5, 5.41) is 0. The fourth-order valence-electron chi connectivity index (χ4n) is 1.21. The highest BCUT2D eigenvalue weighted by Gasteiger charge is 2.00. The third kappa shape index (κ3) is 4.30. The normalized spacial score (nSPS) is 10.4. The van der Waals surface area contributed by atoms with E-state index in [2.05, 4.69) is 16.0 Å². The highest BCUT2D eigenvalue weighted by molar-refractivity contribution is 7.80. The number of likely N-dealkylation sites (N-methyl/N-ethyl adjacent to an activating group) is 1. The second kappa shape index (κ2) is 5.67. The van der Waals surface area contributed by atoms with Crippen LogP contribution in [0.15, 0.2) is 24.5 Å². The molecular formula is C10H15N3S. The molecule has 0 amide bonds. The Bertz CT molecular complexity index is 287.